The Morgan fingerprint density at radius 1 is 1.08 bits per heavy atom. The van der Waals surface area contributed by atoms with Gasteiger partial charge >= 0.3 is 6.03 Å². The van der Waals surface area contributed by atoms with Gasteiger partial charge in [0, 0.05) is 42.6 Å². The standard InChI is InChI=1S/C16H16Cl3N3OS/c17-11-1-3-13(18)14(9-11)20-16(23)22-7-5-21(6-8-22)10-12-2-4-15(19)24-12/h1-4,9H,5-8,10H2,(H,20,23). The molecular weight excluding hydrogens is 389 g/mol. The summed E-state index contributed by atoms with van der Waals surface area (Å²) in [6.45, 7) is 3.86. The van der Waals surface area contributed by atoms with Crippen LogP contribution in [0.4, 0.5) is 10.5 Å². The number of halogens is 3. The van der Waals surface area contributed by atoms with Crippen LogP contribution in [0.1, 0.15) is 4.88 Å². The number of nitrogens with one attached hydrogen (secondary N) is 1. The van der Waals surface area contributed by atoms with Crippen molar-refractivity contribution in [1.82, 2.24) is 9.80 Å². The van der Waals surface area contributed by atoms with Crippen LogP contribution in [-0.2, 0) is 6.54 Å². The van der Waals surface area contributed by atoms with Crippen LogP contribution in [0.3, 0.4) is 0 Å². The summed E-state index contributed by atoms with van der Waals surface area (Å²) >= 11 is 19.6. The van der Waals surface area contributed by atoms with E-state index in [1.165, 1.54) is 4.88 Å². The Balaban J connectivity index is 1.52. The molecule has 3 rings (SSSR count). The third kappa shape index (κ3) is 4.55. The first-order chi connectivity index (χ1) is 11.5. The van der Waals surface area contributed by atoms with Gasteiger partial charge in [-0.15, -0.1) is 11.3 Å². The number of nitrogens with zero attached hydrogens (tertiary/aromatic N) is 2. The maximum absolute atomic E-state index is 12.4. The van der Waals surface area contributed by atoms with Crippen LogP contribution in [0.15, 0.2) is 30.3 Å². The van der Waals surface area contributed by atoms with E-state index in [-0.39, 0.29) is 6.03 Å². The summed E-state index contributed by atoms with van der Waals surface area (Å²) in [5.41, 5.74) is 0.532. The predicted molar refractivity (Wildman–Crippen MR) is 102 cm³/mol. The van der Waals surface area contributed by atoms with Gasteiger partial charge in [-0.05, 0) is 30.3 Å². The highest BCUT2D eigenvalue weighted by Crippen LogP contribution is 2.26. The maximum atomic E-state index is 12.4. The van der Waals surface area contributed by atoms with Crippen LogP contribution in [0.25, 0.3) is 0 Å². The molecule has 1 aliphatic rings. The molecule has 0 atom stereocenters. The summed E-state index contributed by atoms with van der Waals surface area (Å²) in [6.07, 6.45) is 0. The van der Waals surface area contributed by atoms with Crippen molar-refractivity contribution in [3.05, 3.63) is 49.6 Å². The minimum Gasteiger partial charge on any atom is -0.322 e. The van der Waals surface area contributed by atoms with Crippen molar-refractivity contribution in [2.75, 3.05) is 31.5 Å². The largest absolute Gasteiger partial charge is 0.322 e. The summed E-state index contributed by atoms with van der Waals surface area (Å²) in [7, 11) is 0. The van der Waals surface area contributed by atoms with Crippen molar-refractivity contribution in [3.8, 4) is 0 Å². The van der Waals surface area contributed by atoms with Gasteiger partial charge in [0.25, 0.3) is 0 Å². The fraction of sp³-hybridized carbons (Fsp3) is 0.312. The molecule has 4 nitrogen and oxygen atoms in total. The van der Waals surface area contributed by atoms with E-state index in [1.807, 2.05) is 12.1 Å². The first-order valence-corrected chi connectivity index (χ1v) is 9.44. The Kier molecular flexibility index (Phi) is 5.89. The quantitative estimate of drug-likeness (QED) is 0.776. The van der Waals surface area contributed by atoms with Gasteiger partial charge in [0.15, 0.2) is 0 Å². The van der Waals surface area contributed by atoms with Gasteiger partial charge in [-0.1, -0.05) is 34.8 Å². The van der Waals surface area contributed by atoms with E-state index < -0.39 is 0 Å². The van der Waals surface area contributed by atoms with Gasteiger partial charge in [0.2, 0.25) is 0 Å². The molecule has 1 aromatic carbocycles. The highest BCUT2D eigenvalue weighted by atomic mass is 35.5. The van der Waals surface area contributed by atoms with E-state index in [9.17, 15) is 4.79 Å². The molecule has 8 heteroatoms. The van der Waals surface area contributed by atoms with Gasteiger partial charge in [-0.25, -0.2) is 4.79 Å². The lowest BCUT2D eigenvalue weighted by molar-refractivity contribution is 0.143. The summed E-state index contributed by atoms with van der Waals surface area (Å²) in [5.74, 6) is 0. The minimum absolute atomic E-state index is 0.155. The molecule has 0 saturated carbocycles. The number of hydrogen-bond donors (Lipinski definition) is 1. The number of carbonyl (C=O) groups excluding carboxylic acids is 1. The van der Waals surface area contributed by atoms with Crippen LogP contribution in [-0.4, -0.2) is 42.0 Å². The second-order valence-electron chi connectivity index (χ2n) is 5.52. The van der Waals surface area contributed by atoms with E-state index in [2.05, 4.69) is 10.2 Å². The molecule has 0 spiro atoms. The van der Waals surface area contributed by atoms with Gasteiger partial charge in [0.05, 0.1) is 15.0 Å². The average molecular weight is 405 g/mol. The molecule has 0 aliphatic carbocycles. The van der Waals surface area contributed by atoms with E-state index in [0.717, 1.165) is 24.0 Å². The third-order valence-corrected chi connectivity index (χ3v) is 5.62. The summed E-state index contributed by atoms with van der Waals surface area (Å²) in [5, 5.41) is 3.83. The number of urea groups is 1. The third-order valence-electron chi connectivity index (χ3n) is 3.84. The van der Waals surface area contributed by atoms with Crippen molar-refractivity contribution in [1.29, 1.82) is 0 Å². The molecule has 1 aromatic heterocycles. The van der Waals surface area contributed by atoms with E-state index in [0.29, 0.717) is 28.8 Å². The normalized spacial score (nSPS) is 15.5. The smallest absolute Gasteiger partial charge is 0.321 e. The predicted octanol–water partition coefficient (Wildman–Crippen LogP) is 5.06. The Labute approximate surface area is 159 Å². The number of thiophene rings is 1. The van der Waals surface area contributed by atoms with Crippen LogP contribution in [0.5, 0.6) is 0 Å². The first-order valence-electron chi connectivity index (χ1n) is 7.49. The fourth-order valence-corrected chi connectivity index (χ4v) is 4.02. The van der Waals surface area contributed by atoms with E-state index in [4.69, 9.17) is 34.8 Å². The van der Waals surface area contributed by atoms with Crippen molar-refractivity contribution < 1.29 is 4.79 Å². The van der Waals surface area contributed by atoms with Gasteiger partial charge in [-0.3, -0.25) is 4.90 Å². The lowest BCUT2D eigenvalue weighted by Crippen LogP contribution is -2.49. The monoisotopic (exact) mass is 403 g/mol. The summed E-state index contributed by atoms with van der Waals surface area (Å²) in [4.78, 5) is 17.7. The maximum Gasteiger partial charge on any atom is 0.321 e. The number of rotatable bonds is 3. The fourth-order valence-electron chi connectivity index (χ4n) is 2.55. The molecule has 2 amide bonds. The zero-order valence-corrected chi connectivity index (χ0v) is 15.9. The zero-order chi connectivity index (χ0) is 17.1. The van der Waals surface area contributed by atoms with Crippen LogP contribution in [0, 0.1) is 0 Å². The average Bonchev–Trinajstić information content (AvgIpc) is 2.96. The van der Waals surface area contributed by atoms with Crippen LogP contribution >= 0.6 is 46.1 Å². The zero-order valence-electron chi connectivity index (χ0n) is 12.8. The van der Waals surface area contributed by atoms with Crippen LogP contribution < -0.4 is 5.32 Å². The molecule has 1 saturated heterocycles. The minimum atomic E-state index is -0.155. The van der Waals surface area contributed by atoms with E-state index >= 15 is 0 Å². The van der Waals surface area contributed by atoms with Gasteiger partial charge in [0.1, 0.15) is 0 Å². The van der Waals surface area contributed by atoms with Crippen molar-refractivity contribution in [2.45, 2.75) is 6.54 Å². The molecule has 1 N–H and O–H groups in total. The first kappa shape index (κ1) is 17.8. The van der Waals surface area contributed by atoms with Gasteiger partial charge in [-0.2, -0.15) is 0 Å². The van der Waals surface area contributed by atoms with Crippen LogP contribution in [0.2, 0.25) is 14.4 Å². The number of hydrogen-bond acceptors (Lipinski definition) is 3. The number of piperazine rings is 1. The SMILES string of the molecule is O=C(Nc1cc(Cl)ccc1Cl)N1CCN(Cc2ccc(Cl)s2)CC1. The highest BCUT2D eigenvalue weighted by molar-refractivity contribution is 7.16. The lowest BCUT2D eigenvalue weighted by atomic mass is 10.3. The number of benzene rings is 1. The molecule has 1 aliphatic heterocycles. The van der Waals surface area contributed by atoms with Crippen molar-refractivity contribution in [3.63, 3.8) is 0 Å². The molecular formula is C16H16Cl3N3OS. The lowest BCUT2D eigenvalue weighted by Gasteiger charge is -2.34. The number of carbonyl (C=O) groups is 1. The Hall–Kier alpha value is -0.980. The molecule has 0 unspecified atom stereocenters. The second-order valence-corrected chi connectivity index (χ2v) is 8.17. The molecule has 2 heterocycles. The number of amides is 2. The summed E-state index contributed by atoms with van der Waals surface area (Å²) < 4.78 is 0.807. The van der Waals surface area contributed by atoms with Crippen molar-refractivity contribution >= 4 is 57.9 Å². The molecule has 0 bridgehead atoms. The molecule has 0 radical (unpaired) electrons. The van der Waals surface area contributed by atoms with Gasteiger partial charge < -0.3 is 10.2 Å². The topological polar surface area (TPSA) is 35.6 Å². The number of anilines is 1. The molecule has 1 fully saturated rings. The summed E-state index contributed by atoms with van der Waals surface area (Å²) in [6, 6.07) is 8.82. The Bertz CT molecular complexity index is 729. The van der Waals surface area contributed by atoms with E-state index in [1.54, 1.807) is 34.4 Å². The Morgan fingerprint density at radius 3 is 2.50 bits per heavy atom. The molecule has 2 aromatic rings. The Morgan fingerprint density at radius 2 is 1.83 bits per heavy atom. The highest BCUT2D eigenvalue weighted by Gasteiger charge is 2.22. The molecule has 24 heavy (non-hydrogen) atoms. The van der Waals surface area contributed by atoms with Crippen molar-refractivity contribution in [2.24, 2.45) is 0 Å². The second kappa shape index (κ2) is 7.93. The molecule has 128 valence electrons.